The molecule has 3 aliphatic heterocycles. The van der Waals surface area contributed by atoms with E-state index in [1.807, 2.05) is 0 Å². The second-order valence-corrected chi connectivity index (χ2v) is 6.89. The average Bonchev–Trinajstić information content (AvgIpc) is 3.06. The van der Waals surface area contributed by atoms with Gasteiger partial charge in [-0.05, 0) is 60.2 Å². The standard InChI is InChI=1S/C20H21NO3/c1-12-3-4-18(22-2)15-8-17-14-9-20-19(23-11-24-20)7-13(14)5-6-21(17)10-16(12)15/h3-4,7,9,17H,5-6,8,10-11H2,1-2H3. The van der Waals surface area contributed by atoms with Gasteiger partial charge in [-0.25, -0.2) is 0 Å². The molecule has 0 aliphatic carbocycles. The lowest BCUT2D eigenvalue weighted by molar-refractivity contribution is 0.158. The van der Waals surface area contributed by atoms with Crippen molar-refractivity contribution in [3.8, 4) is 17.2 Å². The molecule has 0 N–H and O–H groups in total. The third-order valence-corrected chi connectivity index (χ3v) is 5.70. The quantitative estimate of drug-likeness (QED) is 0.805. The van der Waals surface area contributed by atoms with Crippen LogP contribution in [0.15, 0.2) is 24.3 Å². The average molecular weight is 323 g/mol. The first-order valence-electron chi connectivity index (χ1n) is 8.56. The number of hydrogen-bond acceptors (Lipinski definition) is 4. The highest BCUT2D eigenvalue weighted by Crippen LogP contribution is 2.45. The molecule has 0 spiro atoms. The van der Waals surface area contributed by atoms with E-state index < -0.39 is 0 Å². The summed E-state index contributed by atoms with van der Waals surface area (Å²) in [5.41, 5.74) is 6.95. The first-order valence-corrected chi connectivity index (χ1v) is 8.56. The molecule has 2 aromatic rings. The summed E-state index contributed by atoms with van der Waals surface area (Å²) in [7, 11) is 1.77. The molecule has 4 heteroatoms. The van der Waals surface area contributed by atoms with E-state index in [1.54, 1.807) is 7.11 Å². The molecule has 0 amide bonds. The van der Waals surface area contributed by atoms with Crippen LogP contribution >= 0.6 is 0 Å². The van der Waals surface area contributed by atoms with Gasteiger partial charge in [0.15, 0.2) is 11.5 Å². The lowest BCUT2D eigenvalue weighted by atomic mass is 9.82. The maximum absolute atomic E-state index is 5.65. The van der Waals surface area contributed by atoms with Gasteiger partial charge in [0, 0.05) is 24.7 Å². The number of fused-ring (bicyclic) bond motifs is 5. The smallest absolute Gasteiger partial charge is 0.231 e. The summed E-state index contributed by atoms with van der Waals surface area (Å²) < 4.78 is 16.8. The maximum Gasteiger partial charge on any atom is 0.231 e. The Hall–Kier alpha value is -2.20. The Bertz CT molecular complexity index is 830. The zero-order valence-corrected chi connectivity index (χ0v) is 14.1. The van der Waals surface area contributed by atoms with E-state index in [0.29, 0.717) is 12.8 Å². The number of methoxy groups -OCH3 is 1. The molecule has 1 unspecified atom stereocenters. The van der Waals surface area contributed by atoms with Crippen LogP contribution in [0.2, 0.25) is 0 Å². The topological polar surface area (TPSA) is 30.9 Å². The van der Waals surface area contributed by atoms with Crippen molar-refractivity contribution >= 4 is 0 Å². The molecular formula is C20H21NO3. The van der Waals surface area contributed by atoms with Crippen LogP contribution in [0.25, 0.3) is 0 Å². The van der Waals surface area contributed by atoms with Crippen molar-refractivity contribution in [2.24, 2.45) is 0 Å². The molecular weight excluding hydrogens is 302 g/mol. The van der Waals surface area contributed by atoms with Gasteiger partial charge >= 0.3 is 0 Å². The fourth-order valence-corrected chi connectivity index (χ4v) is 4.39. The Morgan fingerprint density at radius 1 is 1.12 bits per heavy atom. The van der Waals surface area contributed by atoms with Gasteiger partial charge in [-0.2, -0.15) is 0 Å². The molecule has 4 nitrogen and oxygen atoms in total. The van der Waals surface area contributed by atoms with E-state index in [4.69, 9.17) is 14.2 Å². The molecule has 2 aromatic carbocycles. The molecule has 0 fully saturated rings. The van der Waals surface area contributed by atoms with Gasteiger partial charge in [0.05, 0.1) is 7.11 Å². The maximum atomic E-state index is 5.65. The minimum Gasteiger partial charge on any atom is -0.496 e. The molecule has 24 heavy (non-hydrogen) atoms. The van der Waals surface area contributed by atoms with Crippen LogP contribution in [-0.2, 0) is 19.4 Å². The second kappa shape index (κ2) is 5.15. The van der Waals surface area contributed by atoms with Crippen molar-refractivity contribution in [1.82, 2.24) is 4.90 Å². The predicted octanol–water partition coefficient (Wildman–Crippen LogP) is 3.39. The van der Waals surface area contributed by atoms with Crippen molar-refractivity contribution in [2.45, 2.75) is 32.4 Å². The Kier molecular flexibility index (Phi) is 3.04. The highest BCUT2D eigenvalue weighted by molar-refractivity contribution is 5.53. The van der Waals surface area contributed by atoms with Crippen LogP contribution in [0.3, 0.4) is 0 Å². The number of aryl methyl sites for hydroxylation is 1. The van der Waals surface area contributed by atoms with Gasteiger partial charge in [0.1, 0.15) is 5.75 Å². The summed E-state index contributed by atoms with van der Waals surface area (Å²) in [5.74, 6) is 2.80. The van der Waals surface area contributed by atoms with E-state index in [0.717, 1.165) is 43.2 Å². The van der Waals surface area contributed by atoms with Gasteiger partial charge in [0.25, 0.3) is 0 Å². The molecule has 0 aromatic heterocycles. The van der Waals surface area contributed by atoms with Gasteiger partial charge in [-0.3, -0.25) is 4.90 Å². The summed E-state index contributed by atoms with van der Waals surface area (Å²) >= 11 is 0. The summed E-state index contributed by atoms with van der Waals surface area (Å²) in [6, 6.07) is 9.05. The number of ether oxygens (including phenoxy) is 3. The highest BCUT2D eigenvalue weighted by Gasteiger charge is 2.35. The number of nitrogens with zero attached hydrogens (tertiary/aromatic N) is 1. The van der Waals surface area contributed by atoms with Crippen LogP contribution in [0.1, 0.15) is 33.9 Å². The third kappa shape index (κ3) is 1.96. The van der Waals surface area contributed by atoms with E-state index in [1.165, 1.54) is 27.8 Å². The molecule has 1 atom stereocenters. The number of benzene rings is 2. The van der Waals surface area contributed by atoms with Crippen LogP contribution in [0.5, 0.6) is 17.2 Å². The van der Waals surface area contributed by atoms with E-state index >= 15 is 0 Å². The highest BCUT2D eigenvalue weighted by atomic mass is 16.7. The minimum absolute atomic E-state index is 0.336. The van der Waals surface area contributed by atoms with Crippen LogP contribution in [0, 0.1) is 6.92 Å². The molecule has 3 heterocycles. The fraction of sp³-hybridized carbons (Fsp3) is 0.400. The Morgan fingerprint density at radius 3 is 2.79 bits per heavy atom. The van der Waals surface area contributed by atoms with Gasteiger partial charge in [-0.1, -0.05) is 6.07 Å². The molecule has 3 aliphatic rings. The molecule has 0 radical (unpaired) electrons. The SMILES string of the molecule is COc1ccc(C)c2c1CC1c3cc4c(cc3CCN1C2)OCO4. The first kappa shape index (κ1) is 14.2. The molecule has 5 rings (SSSR count). The zero-order valence-electron chi connectivity index (χ0n) is 14.1. The zero-order chi connectivity index (χ0) is 16.3. The summed E-state index contributed by atoms with van der Waals surface area (Å²) in [6.07, 6.45) is 2.06. The van der Waals surface area contributed by atoms with Gasteiger partial charge in [0.2, 0.25) is 6.79 Å². The predicted molar refractivity (Wildman–Crippen MR) is 90.9 cm³/mol. The molecule has 0 saturated heterocycles. The van der Waals surface area contributed by atoms with E-state index in [9.17, 15) is 0 Å². The monoisotopic (exact) mass is 323 g/mol. The number of hydrogen-bond donors (Lipinski definition) is 0. The van der Waals surface area contributed by atoms with Crippen LogP contribution in [0.4, 0.5) is 0 Å². The Morgan fingerprint density at radius 2 is 1.96 bits per heavy atom. The summed E-state index contributed by atoms with van der Waals surface area (Å²) in [5, 5.41) is 0. The summed E-state index contributed by atoms with van der Waals surface area (Å²) in [6.45, 7) is 4.63. The lowest BCUT2D eigenvalue weighted by Crippen LogP contribution is -2.39. The van der Waals surface area contributed by atoms with Crippen LogP contribution in [-0.4, -0.2) is 25.3 Å². The van der Waals surface area contributed by atoms with Crippen molar-refractivity contribution < 1.29 is 14.2 Å². The van der Waals surface area contributed by atoms with Crippen molar-refractivity contribution in [3.63, 3.8) is 0 Å². The number of rotatable bonds is 1. The van der Waals surface area contributed by atoms with E-state index in [2.05, 4.69) is 36.1 Å². The van der Waals surface area contributed by atoms with E-state index in [-0.39, 0.29) is 0 Å². The second-order valence-electron chi connectivity index (χ2n) is 6.89. The molecule has 0 saturated carbocycles. The lowest BCUT2D eigenvalue weighted by Gasteiger charge is -2.42. The van der Waals surface area contributed by atoms with Crippen molar-refractivity contribution in [3.05, 3.63) is 52.1 Å². The fourth-order valence-electron chi connectivity index (χ4n) is 4.39. The molecule has 124 valence electrons. The third-order valence-electron chi connectivity index (χ3n) is 5.70. The van der Waals surface area contributed by atoms with Crippen molar-refractivity contribution in [2.75, 3.05) is 20.4 Å². The Balaban J connectivity index is 1.61. The summed E-state index contributed by atoms with van der Waals surface area (Å²) in [4.78, 5) is 2.60. The first-order chi connectivity index (χ1) is 11.7. The van der Waals surface area contributed by atoms with Gasteiger partial charge < -0.3 is 14.2 Å². The molecule has 0 bridgehead atoms. The Labute approximate surface area is 141 Å². The minimum atomic E-state index is 0.336. The van der Waals surface area contributed by atoms with Crippen molar-refractivity contribution in [1.29, 1.82) is 0 Å². The normalized spacial score (nSPS) is 21.0. The largest absolute Gasteiger partial charge is 0.496 e. The van der Waals surface area contributed by atoms with Crippen LogP contribution < -0.4 is 14.2 Å². The van der Waals surface area contributed by atoms with Gasteiger partial charge in [-0.15, -0.1) is 0 Å².